The van der Waals surface area contributed by atoms with E-state index in [-0.39, 0.29) is 10.8 Å². The summed E-state index contributed by atoms with van der Waals surface area (Å²) < 4.78 is 28.3. The maximum absolute atomic E-state index is 13.2. The first-order valence-electron chi connectivity index (χ1n) is 11.3. The number of amides is 1. The maximum Gasteiger partial charge on any atom is 0.261 e. The molecule has 0 saturated carbocycles. The standard InChI is InChI=1S/C26H28ClN3O3S/c1-19-13-15-30(16-14-19)25-12-9-22(29-34(32,33)23-10-7-21(27)8-11-23)17-24(25)26(31)28-18-20-5-3-2-4-6-20/h2-12,17,19,29H,13-16,18H2,1H3,(H,28,31). The second kappa shape index (κ2) is 10.5. The summed E-state index contributed by atoms with van der Waals surface area (Å²) in [6.07, 6.45) is 2.10. The molecule has 1 heterocycles. The van der Waals surface area contributed by atoms with Crippen molar-refractivity contribution in [2.75, 3.05) is 22.7 Å². The van der Waals surface area contributed by atoms with Gasteiger partial charge in [0.25, 0.3) is 15.9 Å². The molecule has 178 valence electrons. The minimum absolute atomic E-state index is 0.0982. The fourth-order valence-electron chi connectivity index (χ4n) is 4.01. The summed E-state index contributed by atoms with van der Waals surface area (Å²) in [7, 11) is -3.83. The average Bonchev–Trinajstić information content (AvgIpc) is 2.84. The van der Waals surface area contributed by atoms with E-state index in [1.165, 1.54) is 24.3 Å². The molecule has 0 aromatic heterocycles. The van der Waals surface area contributed by atoms with Crippen molar-refractivity contribution >= 4 is 38.9 Å². The second-order valence-corrected chi connectivity index (χ2v) is 10.7. The van der Waals surface area contributed by atoms with Gasteiger partial charge in [-0.2, -0.15) is 0 Å². The number of piperidine rings is 1. The SMILES string of the molecule is CC1CCN(c2ccc(NS(=O)(=O)c3ccc(Cl)cc3)cc2C(=O)NCc2ccccc2)CC1. The number of anilines is 2. The first kappa shape index (κ1) is 24.1. The van der Waals surface area contributed by atoms with Crippen LogP contribution in [0.3, 0.4) is 0 Å². The molecule has 1 saturated heterocycles. The summed E-state index contributed by atoms with van der Waals surface area (Å²) in [6.45, 7) is 4.34. The summed E-state index contributed by atoms with van der Waals surface area (Å²) in [6, 6.07) is 20.8. The molecule has 0 radical (unpaired) electrons. The van der Waals surface area contributed by atoms with E-state index in [1.54, 1.807) is 12.1 Å². The molecule has 6 nitrogen and oxygen atoms in total. The van der Waals surface area contributed by atoms with Gasteiger partial charge in [-0.05, 0) is 66.8 Å². The van der Waals surface area contributed by atoms with Crippen LogP contribution in [-0.4, -0.2) is 27.4 Å². The number of carbonyl (C=O) groups is 1. The zero-order valence-electron chi connectivity index (χ0n) is 19.0. The van der Waals surface area contributed by atoms with Crippen molar-refractivity contribution in [3.8, 4) is 0 Å². The van der Waals surface area contributed by atoms with Crippen LogP contribution in [0.4, 0.5) is 11.4 Å². The average molecular weight is 498 g/mol. The molecule has 3 aromatic rings. The third-order valence-electron chi connectivity index (χ3n) is 6.04. The van der Waals surface area contributed by atoms with Gasteiger partial charge >= 0.3 is 0 Å². The number of halogens is 1. The highest BCUT2D eigenvalue weighted by atomic mass is 35.5. The van der Waals surface area contributed by atoms with Crippen LogP contribution < -0.4 is 14.9 Å². The molecule has 0 unspecified atom stereocenters. The zero-order chi connectivity index (χ0) is 24.1. The van der Waals surface area contributed by atoms with E-state index in [0.717, 1.165) is 37.2 Å². The Hall–Kier alpha value is -3.03. The molecule has 2 N–H and O–H groups in total. The van der Waals surface area contributed by atoms with Gasteiger partial charge < -0.3 is 10.2 Å². The maximum atomic E-state index is 13.2. The quantitative estimate of drug-likeness (QED) is 0.464. The number of nitrogens with zero attached hydrogens (tertiary/aromatic N) is 1. The normalized spacial score (nSPS) is 14.6. The van der Waals surface area contributed by atoms with Crippen molar-refractivity contribution in [3.63, 3.8) is 0 Å². The van der Waals surface area contributed by atoms with E-state index in [0.29, 0.717) is 28.7 Å². The van der Waals surface area contributed by atoms with Crippen LogP contribution in [0, 0.1) is 5.92 Å². The van der Waals surface area contributed by atoms with Gasteiger partial charge in [0.05, 0.1) is 10.5 Å². The lowest BCUT2D eigenvalue weighted by molar-refractivity contribution is 0.0951. The Morgan fingerprint density at radius 1 is 1.00 bits per heavy atom. The minimum atomic E-state index is -3.83. The molecular formula is C26H28ClN3O3S. The van der Waals surface area contributed by atoms with Crippen molar-refractivity contribution in [1.29, 1.82) is 0 Å². The van der Waals surface area contributed by atoms with Gasteiger partial charge in [0.15, 0.2) is 0 Å². The number of benzene rings is 3. The number of hydrogen-bond acceptors (Lipinski definition) is 4. The summed E-state index contributed by atoms with van der Waals surface area (Å²) in [5, 5.41) is 3.43. The van der Waals surface area contributed by atoms with Gasteiger partial charge in [-0.1, -0.05) is 48.9 Å². The Balaban J connectivity index is 1.61. The second-order valence-electron chi connectivity index (χ2n) is 8.63. The molecule has 0 bridgehead atoms. The minimum Gasteiger partial charge on any atom is -0.371 e. The van der Waals surface area contributed by atoms with Gasteiger partial charge in [0.1, 0.15) is 0 Å². The molecule has 4 rings (SSSR count). The Bertz CT molecular complexity index is 1240. The number of nitrogens with one attached hydrogen (secondary N) is 2. The number of rotatable bonds is 7. The van der Waals surface area contributed by atoms with Crippen molar-refractivity contribution in [1.82, 2.24) is 5.32 Å². The van der Waals surface area contributed by atoms with Crippen LogP contribution >= 0.6 is 11.6 Å². The first-order valence-corrected chi connectivity index (χ1v) is 13.2. The molecule has 0 spiro atoms. The lowest BCUT2D eigenvalue weighted by Gasteiger charge is -2.33. The predicted octanol–water partition coefficient (Wildman–Crippen LogP) is 5.31. The van der Waals surface area contributed by atoms with Crippen molar-refractivity contribution in [2.24, 2.45) is 5.92 Å². The van der Waals surface area contributed by atoms with Crippen LogP contribution in [0.1, 0.15) is 35.7 Å². The summed E-state index contributed by atoms with van der Waals surface area (Å²) in [5.74, 6) is 0.405. The third-order valence-corrected chi connectivity index (χ3v) is 7.69. The molecule has 1 amide bonds. The molecule has 1 aliphatic rings. The van der Waals surface area contributed by atoms with E-state index in [9.17, 15) is 13.2 Å². The highest BCUT2D eigenvalue weighted by molar-refractivity contribution is 7.92. The molecule has 1 aliphatic heterocycles. The van der Waals surface area contributed by atoms with Crippen LogP contribution in [0.5, 0.6) is 0 Å². The Morgan fingerprint density at radius 3 is 2.35 bits per heavy atom. The Kier molecular flexibility index (Phi) is 7.44. The molecule has 8 heteroatoms. The van der Waals surface area contributed by atoms with Crippen molar-refractivity contribution in [2.45, 2.75) is 31.2 Å². The van der Waals surface area contributed by atoms with Gasteiger partial charge in [-0.3, -0.25) is 9.52 Å². The molecular weight excluding hydrogens is 470 g/mol. The molecule has 1 fully saturated rings. The highest BCUT2D eigenvalue weighted by Crippen LogP contribution is 2.30. The molecule has 0 aliphatic carbocycles. The van der Waals surface area contributed by atoms with Crippen LogP contribution in [0.2, 0.25) is 5.02 Å². The number of hydrogen-bond donors (Lipinski definition) is 2. The van der Waals surface area contributed by atoms with E-state index in [1.807, 2.05) is 36.4 Å². The highest BCUT2D eigenvalue weighted by Gasteiger charge is 2.23. The van der Waals surface area contributed by atoms with Gasteiger partial charge in [0.2, 0.25) is 0 Å². The van der Waals surface area contributed by atoms with Crippen LogP contribution in [0.25, 0.3) is 0 Å². The fourth-order valence-corrected chi connectivity index (χ4v) is 5.18. The molecule has 3 aromatic carbocycles. The van der Waals surface area contributed by atoms with Crippen molar-refractivity contribution < 1.29 is 13.2 Å². The summed E-state index contributed by atoms with van der Waals surface area (Å²) >= 11 is 5.89. The van der Waals surface area contributed by atoms with Gasteiger partial charge in [-0.25, -0.2) is 8.42 Å². The van der Waals surface area contributed by atoms with Crippen LogP contribution in [0.15, 0.2) is 77.7 Å². The van der Waals surface area contributed by atoms with E-state index < -0.39 is 10.0 Å². The Morgan fingerprint density at radius 2 is 1.68 bits per heavy atom. The van der Waals surface area contributed by atoms with Gasteiger partial charge in [0, 0.05) is 36.0 Å². The summed E-state index contributed by atoms with van der Waals surface area (Å²) in [4.78, 5) is 15.5. The number of sulfonamides is 1. The summed E-state index contributed by atoms with van der Waals surface area (Å²) in [5.41, 5.74) is 2.58. The Labute approximate surface area is 206 Å². The third kappa shape index (κ3) is 5.90. The topological polar surface area (TPSA) is 78.5 Å². The van der Waals surface area contributed by atoms with Crippen LogP contribution in [-0.2, 0) is 16.6 Å². The smallest absolute Gasteiger partial charge is 0.261 e. The lowest BCUT2D eigenvalue weighted by atomic mass is 9.98. The lowest BCUT2D eigenvalue weighted by Crippen LogP contribution is -2.35. The monoisotopic (exact) mass is 497 g/mol. The predicted molar refractivity (Wildman–Crippen MR) is 137 cm³/mol. The number of carbonyl (C=O) groups excluding carboxylic acids is 1. The van der Waals surface area contributed by atoms with Crippen molar-refractivity contribution in [3.05, 3.63) is 88.9 Å². The van der Waals surface area contributed by atoms with E-state index in [4.69, 9.17) is 11.6 Å². The van der Waals surface area contributed by atoms with Gasteiger partial charge in [-0.15, -0.1) is 0 Å². The van der Waals surface area contributed by atoms with E-state index in [2.05, 4.69) is 21.9 Å². The fraction of sp³-hybridized carbons (Fsp3) is 0.269. The zero-order valence-corrected chi connectivity index (χ0v) is 20.6. The molecule has 0 atom stereocenters. The van der Waals surface area contributed by atoms with E-state index >= 15 is 0 Å². The largest absolute Gasteiger partial charge is 0.371 e. The molecule has 34 heavy (non-hydrogen) atoms. The first-order chi connectivity index (χ1) is 16.3.